The second-order valence-corrected chi connectivity index (χ2v) is 2.65. The van der Waals surface area contributed by atoms with Gasteiger partial charge in [-0.05, 0) is 12.1 Å². The Kier molecular flexibility index (Phi) is 1.85. The fourth-order valence-electron chi connectivity index (χ4n) is 1.12. The van der Waals surface area contributed by atoms with Crippen LogP contribution in [0.25, 0.3) is 5.69 Å². The molecule has 2 aromatic rings. The molecule has 2 heteroatoms. The van der Waals surface area contributed by atoms with E-state index in [9.17, 15) is 0 Å². The van der Waals surface area contributed by atoms with Crippen LogP contribution in [0.15, 0.2) is 42.7 Å². The maximum atomic E-state index is 5.24. The van der Waals surface area contributed by atoms with Gasteiger partial charge in [-0.3, -0.25) is 0 Å². The lowest BCUT2D eigenvalue weighted by Gasteiger charge is -1.97. The molecule has 0 unspecified atom stereocenters. The lowest BCUT2D eigenvalue weighted by molar-refractivity contribution is 0.880. The molecule has 0 aliphatic rings. The number of benzene rings is 1. The summed E-state index contributed by atoms with van der Waals surface area (Å²) in [6.07, 6.45) is 8.74. The first-order valence-corrected chi connectivity index (χ1v) is 3.97. The van der Waals surface area contributed by atoms with E-state index < -0.39 is 0 Å². The van der Waals surface area contributed by atoms with Gasteiger partial charge >= 0.3 is 0 Å². The van der Waals surface area contributed by atoms with E-state index in [1.807, 2.05) is 36.5 Å². The van der Waals surface area contributed by atoms with Gasteiger partial charge in [-0.1, -0.05) is 24.1 Å². The van der Waals surface area contributed by atoms with Crippen molar-refractivity contribution in [1.82, 2.24) is 9.78 Å². The van der Waals surface area contributed by atoms with E-state index in [1.165, 1.54) is 0 Å². The number of aromatic nitrogens is 2. The fraction of sp³-hybridized carbons (Fsp3) is 0. The summed E-state index contributed by atoms with van der Waals surface area (Å²) in [6.45, 7) is 0. The number of nitrogens with zero attached hydrogens (tertiary/aromatic N) is 2. The largest absolute Gasteiger partial charge is 0.240 e. The molecule has 0 saturated heterocycles. The van der Waals surface area contributed by atoms with Gasteiger partial charge < -0.3 is 0 Å². The zero-order valence-corrected chi connectivity index (χ0v) is 7.01. The highest BCUT2D eigenvalue weighted by Crippen LogP contribution is 2.06. The molecule has 0 amide bonds. The van der Waals surface area contributed by atoms with Crippen molar-refractivity contribution < 1.29 is 0 Å². The highest BCUT2D eigenvalue weighted by atomic mass is 15.3. The molecule has 2 nitrogen and oxygen atoms in total. The minimum Gasteiger partial charge on any atom is -0.240 e. The van der Waals surface area contributed by atoms with Gasteiger partial charge in [0.1, 0.15) is 0 Å². The fourth-order valence-corrected chi connectivity index (χ4v) is 1.12. The molecule has 0 aliphatic heterocycles. The average Bonchev–Trinajstić information content (AvgIpc) is 2.67. The molecule has 0 atom stereocenters. The molecule has 1 heterocycles. The van der Waals surface area contributed by atoms with Crippen LogP contribution in [0.1, 0.15) is 5.56 Å². The van der Waals surface area contributed by atoms with Crippen molar-refractivity contribution in [3.8, 4) is 18.0 Å². The van der Waals surface area contributed by atoms with E-state index in [0.717, 1.165) is 11.3 Å². The predicted octanol–water partition coefficient (Wildman–Crippen LogP) is 1.85. The van der Waals surface area contributed by atoms with Gasteiger partial charge in [0.2, 0.25) is 0 Å². The molecular weight excluding hydrogens is 160 g/mol. The second kappa shape index (κ2) is 3.16. The van der Waals surface area contributed by atoms with Crippen LogP contribution < -0.4 is 0 Å². The third-order valence-electron chi connectivity index (χ3n) is 1.77. The normalized spacial score (nSPS) is 9.46. The van der Waals surface area contributed by atoms with E-state index in [2.05, 4.69) is 11.0 Å². The van der Waals surface area contributed by atoms with Gasteiger partial charge in [-0.25, -0.2) is 4.68 Å². The van der Waals surface area contributed by atoms with Crippen LogP contribution in [0.5, 0.6) is 0 Å². The summed E-state index contributed by atoms with van der Waals surface area (Å²) < 4.78 is 1.76. The van der Waals surface area contributed by atoms with Crippen LogP contribution >= 0.6 is 0 Å². The molecular formula is C11H8N2. The molecule has 1 aromatic heterocycles. The van der Waals surface area contributed by atoms with E-state index in [1.54, 1.807) is 10.9 Å². The third-order valence-corrected chi connectivity index (χ3v) is 1.77. The molecule has 0 aliphatic carbocycles. The summed E-state index contributed by atoms with van der Waals surface area (Å²) in [4.78, 5) is 0. The van der Waals surface area contributed by atoms with Crippen LogP contribution in [0.3, 0.4) is 0 Å². The van der Waals surface area contributed by atoms with Gasteiger partial charge in [0.25, 0.3) is 0 Å². The third kappa shape index (κ3) is 1.45. The monoisotopic (exact) mass is 168 g/mol. The molecule has 0 N–H and O–H groups in total. The molecule has 0 spiro atoms. The highest BCUT2D eigenvalue weighted by Gasteiger charge is 1.96. The lowest BCUT2D eigenvalue weighted by Crippen LogP contribution is -1.92. The van der Waals surface area contributed by atoms with E-state index >= 15 is 0 Å². The summed E-state index contributed by atoms with van der Waals surface area (Å²) in [6, 6.07) is 9.86. The van der Waals surface area contributed by atoms with Crippen molar-refractivity contribution >= 4 is 0 Å². The van der Waals surface area contributed by atoms with Gasteiger partial charge in [-0.2, -0.15) is 5.10 Å². The van der Waals surface area contributed by atoms with Crippen LogP contribution in [0, 0.1) is 12.3 Å². The number of para-hydroxylation sites is 1. The van der Waals surface area contributed by atoms with Gasteiger partial charge in [0.05, 0.1) is 17.4 Å². The van der Waals surface area contributed by atoms with Crippen molar-refractivity contribution in [2.45, 2.75) is 0 Å². The Hall–Kier alpha value is -2.01. The predicted molar refractivity (Wildman–Crippen MR) is 51.5 cm³/mol. The minimum atomic E-state index is 0.795. The molecule has 0 radical (unpaired) electrons. The Morgan fingerprint density at radius 1 is 1.23 bits per heavy atom. The van der Waals surface area contributed by atoms with Crippen molar-refractivity contribution in [3.63, 3.8) is 0 Å². The van der Waals surface area contributed by atoms with Crippen molar-refractivity contribution in [3.05, 3.63) is 48.3 Å². The summed E-state index contributed by atoms with van der Waals surface area (Å²) >= 11 is 0. The molecule has 0 bridgehead atoms. The maximum absolute atomic E-state index is 5.24. The summed E-state index contributed by atoms with van der Waals surface area (Å²) in [7, 11) is 0. The molecule has 2 rings (SSSR count). The number of hydrogen-bond acceptors (Lipinski definition) is 1. The maximum Gasteiger partial charge on any atom is 0.0651 e. The highest BCUT2D eigenvalue weighted by molar-refractivity contribution is 5.34. The van der Waals surface area contributed by atoms with E-state index in [4.69, 9.17) is 6.42 Å². The van der Waals surface area contributed by atoms with Crippen molar-refractivity contribution in [1.29, 1.82) is 0 Å². The van der Waals surface area contributed by atoms with E-state index in [-0.39, 0.29) is 0 Å². The summed E-state index contributed by atoms with van der Waals surface area (Å²) in [5.41, 5.74) is 1.81. The standard InChI is InChI=1S/C11H8N2/c1-2-10-8-12-13(9-10)11-6-4-3-5-7-11/h1,3-9H. The first kappa shape index (κ1) is 7.63. The number of hydrogen-bond donors (Lipinski definition) is 0. The smallest absolute Gasteiger partial charge is 0.0651 e. The van der Waals surface area contributed by atoms with Crippen LogP contribution in [-0.4, -0.2) is 9.78 Å². The topological polar surface area (TPSA) is 17.8 Å². The summed E-state index contributed by atoms with van der Waals surface area (Å²) in [5.74, 6) is 2.53. The van der Waals surface area contributed by atoms with Gasteiger partial charge in [-0.15, -0.1) is 6.42 Å². The number of rotatable bonds is 1. The molecule has 0 fully saturated rings. The Bertz CT molecular complexity index is 435. The van der Waals surface area contributed by atoms with Gasteiger partial charge in [0, 0.05) is 6.20 Å². The van der Waals surface area contributed by atoms with Crippen LogP contribution in [0.2, 0.25) is 0 Å². The van der Waals surface area contributed by atoms with Crippen LogP contribution in [-0.2, 0) is 0 Å². The first-order valence-electron chi connectivity index (χ1n) is 3.97. The zero-order chi connectivity index (χ0) is 9.10. The quantitative estimate of drug-likeness (QED) is 0.594. The van der Waals surface area contributed by atoms with Crippen molar-refractivity contribution in [2.24, 2.45) is 0 Å². The Balaban J connectivity index is 2.43. The average molecular weight is 168 g/mol. The molecule has 62 valence electrons. The molecule has 1 aromatic carbocycles. The second-order valence-electron chi connectivity index (χ2n) is 2.65. The van der Waals surface area contributed by atoms with Crippen LogP contribution in [0.4, 0.5) is 0 Å². The lowest BCUT2D eigenvalue weighted by atomic mass is 10.3. The molecule has 13 heavy (non-hydrogen) atoms. The Morgan fingerprint density at radius 2 is 2.00 bits per heavy atom. The minimum absolute atomic E-state index is 0.795. The van der Waals surface area contributed by atoms with E-state index in [0.29, 0.717) is 0 Å². The van der Waals surface area contributed by atoms with Gasteiger partial charge in [0.15, 0.2) is 0 Å². The SMILES string of the molecule is C#Cc1cnn(-c2ccccc2)c1. The Labute approximate surface area is 76.8 Å². The van der Waals surface area contributed by atoms with Crippen molar-refractivity contribution in [2.75, 3.05) is 0 Å². The summed E-state index contributed by atoms with van der Waals surface area (Å²) in [5, 5.41) is 4.13. The first-order chi connectivity index (χ1) is 6.40. The zero-order valence-electron chi connectivity index (χ0n) is 7.01. The molecule has 0 saturated carbocycles. The number of terminal acetylenes is 1. The Morgan fingerprint density at radius 3 is 2.62 bits per heavy atom.